The predicted molar refractivity (Wildman–Crippen MR) is 229 cm³/mol. The number of hydrogen-bond donors (Lipinski definition) is 0. The van der Waals surface area contributed by atoms with Crippen LogP contribution in [0.25, 0.3) is 77.1 Å². The molecule has 0 N–H and O–H groups in total. The molecule has 0 fully saturated rings. The lowest BCUT2D eigenvalue weighted by Crippen LogP contribution is -2.20. The highest BCUT2D eigenvalue weighted by molar-refractivity contribution is 6.10. The zero-order chi connectivity index (χ0) is 37.2. The first-order valence-electron chi connectivity index (χ1n) is 19.3. The highest BCUT2D eigenvalue weighted by Gasteiger charge is 2.25. The molecule has 266 valence electrons. The standard InChI is InChI=1S/C51H36N4O/c56-51-44-19-7-6-16-41(44)42-17-8-11-21-48(42)55(51)38-31-52-50(53-32-38)30-36-23-22-33-12-4-5-15-39(33)45-28-34(24-26-40(36)45)35-25-27-49-46(29-35)43-18-9-10-20-47(43)54(49)37-13-2-1-3-14-37/h1-21,24-29,31-32,36H,22-23,30H2. The van der Waals surface area contributed by atoms with Crippen LogP contribution in [-0.4, -0.2) is 19.1 Å². The van der Waals surface area contributed by atoms with E-state index in [9.17, 15) is 4.79 Å². The Morgan fingerprint density at radius 2 is 1.11 bits per heavy atom. The largest absolute Gasteiger partial charge is 0.309 e. The molecular weight excluding hydrogens is 685 g/mol. The third-order valence-corrected chi connectivity index (χ3v) is 11.8. The summed E-state index contributed by atoms with van der Waals surface area (Å²) in [6, 6.07) is 57.9. The lowest BCUT2D eigenvalue weighted by Gasteiger charge is -2.19. The van der Waals surface area contributed by atoms with E-state index in [2.05, 4.69) is 126 Å². The smallest absolute Gasteiger partial charge is 0.263 e. The minimum Gasteiger partial charge on any atom is -0.309 e. The molecule has 1 unspecified atom stereocenters. The van der Waals surface area contributed by atoms with Gasteiger partial charge in [-0.25, -0.2) is 9.97 Å². The van der Waals surface area contributed by atoms with E-state index in [0.29, 0.717) is 17.5 Å². The van der Waals surface area contributed by atoms with Gasteiger partial charge >= 0.3 is 0 Å². The Labute approximate surface area is 323 Å². The minimum atomic E-state index is -0.0667. The first kappa shape index (κ1) is 32.3. The molecule has 5 nitrogen and oxygen atoms in total. The van der Waals surface area contributed by atoms with Gasteiger partial charge < -0.3 is 4.57 Å². The molecule has 0 radical (unpaired) electrons. The van der Waals surface area contributed by atoms with E-state index in [0.717, 1.165) is 40.6 Å². The number of aryl methyl sites for hydroxylation is 1. The highest BCUT2D eigenvalue weighted by atomic mass is 16.1. The van der Waals surface area contributed by atoms with E-state index >= 15 is 0 Å². The molecule has 7 aromatic carbocycles. The van der Waals surface area contributed by atoms with Crippen molar-refractivity contribution in [3.63, 3.8) is 0 Å². The Morgan fingerprint density at radius 3 is 1.91 bits per heavy atom. The molecule has 3 heterocycles. The normalized spacial score (nSPS) is 13.9. The SMILES string of the molecule is O=c1c2ccccc2c2ccccc2n1-c1cnc(CC2CCc3ccccc3-c3cc(-c4ccc5c(c4)c4ccccc4n5-c4ccccc4)ccc32)nc1. The van der Waals surface area contributed by atoms with Crippen LogP contribution in [-0.2, 0) is 12.8 Å². The van der Waals surface area contributed by atoms with Crippen LogP contribution in [0.1, 0.15) is 29.3 Å². The van der Waals surface area contributed by atoms with Crippen molar-refractivity contribution >= 4 is 43.5 Å². The van der Waals surface area contributed by atoms with Gasteiger partial charge in [-0.1, -0.05) is 115 Å². The monoisotopic (exact) mass is 720 g/mol. The second kappa shape index (κ2) is 13.0. The fraction of sp³-hybridized carbons (Fsp3) is 0.0784. The quantitative estimate of drug-likeness (QED) is 0.166. The average Bonchev–Trinajstić information content (AvgIpc) is 3.51. The predicted octanol–water partition coefficient (Wildman–Crippen LogP) is 11.6. The second-order valence-electron chi connectivity index (χ2n) is 14.9. The first-order chi connectivity index (χ1) is 27.7. The Hall–Kier alpha value is -7.11. The van der Waals surface area contributed by atoms with E-state index in [1.165, 1.54) is 55.2 Å². The molecule has 5 heteroatoms. The molecule has 0 spiro atoms. The highest BCUT2D eigenvalue weighted by Crippen LogP contribution is 2.42. The summed E-state index contributed by atoms with van der Waals surface area (Å²) in [4.78, 5) is 23.6. The molecule has 0 aliphatic heterocycles. The van der Waals surface area contributed by atoms with Crippen LogP contribution >= 0.6 is 0 Å². The number of hydrogen-bond acceptors (Lipinski definition) is 3. The Morgan fingerprint density at radius 1 is 0.500 bits per heavy atom. The molecule has 1 atom stereocenters. The Kier molecular flexibility index (Phi) is 7.52. The molecule has 11 rings (SSSR count). The number of rotatable bonds is 5. The molecule has 0 amide bonds. The van der Waals surface area contributed by atoms with Crippen molar-refractivity contribution < 1.29 is 0 Å². The van der Waals surface area contributed by atoms with Crippen molar-refractivity contribution in [2.24, 2.45) is 0 Å². The van der Waals surface area contributed by atoms with Gasteiger partial charge in [0.1, 0.15) is 5.82 Å². The molecule has 0 bridgehead atoms. The summed E-state index contributed by atoms with van der Waals surface area (Å²) in [5.74, 6) is 1.01. The maximum Gasteiger partial charge on any atom is 0.263 e. The van der Waals surface area contributed by atoms with Crippen LogP contribution in [0.15, 0.2) is 181 Å². The van der Waals surface area contributed by atoms with Crippen molar-refractivity contribution in [2.45, 2.75) is 25.2 Å². The van der Waals surface area contributed by atoms with Crippen LogP contribution in [0.2, 0.25) is 0 Å². The van der Waals surface area contributed by atoms with Gasteiger partial charge in [0.2, 0.25) is 0 Å². The summed E-state index contributed by atoms with van der Waals surface area (Å²) < 4.78 is 4.11. The van der Waals surface area contributed by atoms with Gasteiger partial charge in [0.25, 0.3) is 5.56 Å². The minimum absolute atomic E-state index is 0.0667. The molecular formula is C51H36N4O. The summed E-state index contributed by atoms with van der Waals surface area (Å²) >= 11 is 0. The maximum absolute atomic E-state index is 13.8. The summed E-state index contributed by atoms with van der Waals surface area (Å²) in [6.45, 7) is 0. The molecule has 10 aromatic rings. The van der Waals surface area contributed by atoms with Gasteiger partial charge in [-0.15, -0.1) is 0 Å². The van der Waals surface area contributed by atoms with Crippen LogP contribution in [0.4, 0.5) is 0 Å². The Balaban J connectivity index is 0.974. The maximum atomic E-state index is 13.8. The van der Waals surface area contributed by atoms with Crippen molar-refractivity contribution in [1.82, 2.24) is 19.1 Å². The van der Waals surface area contributed by atoms with Gasteiger partial charge in [0.05, 0.1) is 34.6 Å². The third kappa shape index (κ3) is 5.19. The summed E-state index contributed by atoms with van der Waals surface area (Å²) in [5, 5.41) is 5.16. The molecule has 1 aliphatic rings. The van der Waals surface area contributed by atoms with E-state index in [1.807, 2.05) is 54.9 Å². The fourth-order valence-corrected chi connectivity index (χ4v) is 9.11. The lowest BCUT2D eigenvalue weighted by molar-refractivity contribution is 0.609. The van der Waals surface area contributed by atoms with Crippen molar-refractivity contribution in [1.29, 1.82) is 0 Å². The Bertz CT molecular complexity index is 3200. The van der Waals surface area contributed by atoms with Gasteiger partial charge in [0, 0.05) is 33.7 Å². The average molecular weight is 721 g/mol. The van der Waals surface area contributed by atoms with Crippen LogP contribution in [0.5, 0.6) is 0 Å². The van der Waals surface area contributed by atoms with Gasteiger partial charge in [0.15, 0.2) is 0 Å². The van der Waals surface area contributed by atoms with Crippen LogP contribution < -0.4 is 5.56 Å². The lowest BCUT2D eigenvalue weighted by atomic mass is 9.86. The van der Waals surface area contributed by atoms with Gasteiger partial charge in [-0.05, 0) is 106 Å². The number of nitrogens with zero attached hydrogens (tertiary/aromatic N) is 4. The fourth-order valence-electron chi connectivity index (χ4n) is 9.11. The van der Waals surface area contributed by atoms with E-state index in [1.54, 1.807) is 4.57 Å². The van der Waals surface area contributed by atoms with E-state index < -0.39 is 0 Å². The topological polar surface area (TPSA) is 52.7 Å². The molecule has 0 saturated carbocycles. The third-order valence-electron chi connectivity index (χ3n) is 11.8. The number of pyridine rings is 1. The molecule has 56 heavy (non-hydrogen) atoms. The van der Waals surface area contributed by atoms with Crippen molar-refractivity contribution in [2.75, 3.05) is 0 Å². The molecule has 1 aliphatic carbocycles. The number of benzene rings is 7. The number of para-hydroxylation sites is 3. The number of aromatic nitrogens is 4. The first-order valence-corrected chi connectivity index (χ1v) is 19.3. The van der Waals surface area contributed by atoms with Gasteiger partial charge in [-0.2, -0.15) is 0 Å². The van der Waals surface area contributed by atoms with E-state index in [-0.39, 0.29) is 11.5 Å². The molecule has 0 saturated heterocycles. The van der Waals surface area contributed by atoms with E-state index in [4.69, 9.17) is 9.97 Å². The molecule has 3 aromatic heterocycles. The second-order valence-corrected chi connectivity index (χ2v) is 14.9. The summed E-state index contributed by atoms with van der Waals surface area (Å²) in [7, 11) is 0. The van der Waals surface area contributed by atoms with Crippen molar-refractivity contribution in [3.05, 3.63) is 203 Å². The van der Waals surface area contributed by atoms with Crippen LogP contribution in [0, 0.1) is 0 Å². The summed E-state index contributed by atoms with van der Waals surface area (Å²) in [6.07, 6.45) is 6.30. The summed E-state index contributed by atoms with van der Waals surface area (Å²) in [5.41, 5.74) is 12.7. The number of fused-ring (bicyclic) bond motifs is 9. The van der Waals surface area contributed by atoms with Crippen molar-refractivity contribution in [3.8, 4) is 33.6 Å². The zero-order valence-electron chi connectivity index (χ0n) is 30.6. The van der Waals surface area contributed by atoms with Gasteiger partial charge in [-0.3, -0.25) is 9.36 Å². The zero-order valence-corrected chi connectivity index (χ0v) is 30.6. The van der Waals surface area contributed by atoms with Crippen LogP contribution in [0.3, 0.4) is 0 Å².